The minimum Gasteiger partial charge on any atom is -0.409 e. The molecule has 1 aromatic rings. The molecular weight excluding hydrogens is 262 g/mol. The van der Waals surface area contributed by atoms with E-state index in [0.29, 0.717) is 6.42 Å². The van der Waals surface area contributed by atoms with E-state index in [1.165, 1.54) is 5.56 Å². The van der Waals surface area contributed by atoms with Gasteiger partial charge in [0.15, 0.2) is 0 Å². The average Bonchev–Trinajstić information content (AvgIpc) is 2.43. The fraction of sp³-hybridized carbons (Fsp3) is 0.500. The Morgan fingerprint density at radius 3 is 2.47 bits per heavy atom. The van der Waals surface area contributed by atoms with E-state index in [1.807, 2.05) is 24.3 Å². The Bertz CT molecular complexity index is 419. The van der Waals surface area contributed by atoms with Gasteiger partial charge in [-0.15, -0.1) is 0 Å². The Kier molecular flexibility index (Phi) is 6.12. The van der Waals surface area contributed by atoms with Crippen molar-refractivity contribution in [2.75, 3.05) is 7.05 Å². The number of benzene rings is 1. The Hall–Kier alpha value is -1.26. The summed E-state index contributed by atoms with van der Waals surface area (Å²) < 4.78 is 0. The molecule has 0 amide bonds. The zero-order chi connectivity index (χ0) is 14.4. The van der Waals surface area contributed by atoms with Crippen molar-refractivity contribution < 1.29 is 5.21 Å². The quantitative estimate of drug-likeness (QED) is 0.365. The van der Waals surface area contributed by atoms with Crippen molar-refractivity contribution in [2.45, 2.75) is 38.8 Å². The third-order valence-corrected chi connectivity index (χ3v) is 3.84. The number of hydrogen-bond acceptors (Lipinski definition) is 3. The molecule has 0 bridgehead atoms. The molecule has 2 unspecified atom stereocenters. The second-order valence-corrected chi connectivity index (χ2v) is 5.19. The molecule has 0 aliphatic carbocycles. The number of hydrogen-bond donors (Lipinski definition) is 2. The van der Waals surface area contributed by atoms with Gasteiger partial charge in [0, 0.05) is 23.5 Å². The molecule has 0 aliphatic heterocycles. The number of nitrogens with two attached hydrogens (primary N) is 1. The van der Waals surface area contributed by atoms with E-state index < -0.39 is 0 Å². The van der Waals surface area contributed by atoms with Crippen LogP contribution in [0, 0.1) is 0 Å². The number of rotatable bonds is 6. The van der Waals surface area contributed by atoms with Crippen molar-refractivity contribution in [1.29, 1.82) is 0 Å². The molecule has 0 radical (unpaired) electrons. The average molecular weight is 284 g/mol. The number of nitrogens with zero attached hydrogens (tertiary/aromatic N) is 2. The lowest BCUT2D eigenvalue weighted by Crippen LogP contribution is -2.36. The minimum atomic E-state index is 0.238. The van der Waals surface area contributed by atoms with Gasteiger partial charge < -0.3 is 10.9 Å². The van der Waals surface area contributed by atoms with Crippen molar-refractivity contribution in [1.82, 2.24) is 4.90 Å². The Morgan fingerprint density at radius 2 is 2.00 bits per heavy atom. The van der Waals surface area contributed by atoms with E-state index in [4.69, 9.17) is 22.5 Å². The molecule has 0 aliphatic rings. The standard InChI is InChI=1S/C14H22ClN3O/c1-4-13(9-14(16)17-19)18(3)10(2)11-5-7-12(15)8-6-11/h5-8,10,13,19H,4,9H2,1-3H3,(H2,16,17). The smallest absolute Gasteiger partial charge is 0.140 e. The molecule has 3 N–H and O–H groups in total. The molecule has 19 heavy (non-hydrogen) atoms. The second-order valence-electron chi connectivity index (χ2n) is 4.75. The summed E-state index contributed by atoms with van der Waals surface area (Å²) in [5.41, 5.74) is 6.80. The van der Waals surface area contributed by atoms with E-state index >= 15 is 0 Å². The Balaban J connectivity index is 2.78. The molecular formula is C14H22ClN3O. The highest BCUT2D eigenvalue weighted by Crippen LogP contribution is 2.24. The fourth-order valence-corrected chi connectivity index (χ4v) is 2.28. The predicted octanol–water partition coefficient (Wildman–Crippen LogP) is 3.25. The summed E-state index contributed by atoms with van der Waals surface area (Å²) in [6.07, 6.45) is 1.49. The third kappa shape index (κ3) is 4.40. The van der Waals surface area contributed by atoms with Crippen LogP contribution in [0.15, 0.2) is 29.4 Å². The first-order chi connectivity index (χ1) is 8.99. The summed E-state index contributed by atoms with van der Waals surface area (Å²) in [5, 5.41) is 12.5. The minimum absolute atomic E-state index is 0.238. The van der Waals surface area contributed by atoms with E-state index in [-0.39, 0.29) is 17.9 Å². The van der Waals surface area contributed by atoms with E-state index in [1.54, 1.807) is 0 Å². The Labute approximate surface area is 119 Å². The van der Waals surface area contributed by atoms with Gasteiger partial charge in [0.05, 0.1) is 0 Å². The molecule has 0 aromatic heterocycles. The van der Waals surface area contributed by atoms with Crippen molar-refractivity contribution in [2.24, 2.45) is 10.9 Å². The van der Waals surface area contributed by atoms with Crippen LogP contribution in [0.4, 0.5) is 0 Å². The monoisotopic (exact) mass is 283 g/mol. The van der Waals surface area contributed by atoms with Crippen LogP contribution in [0.3, 0.4) is 0 Å². The molecule has 0 saturated carbocycles. The molecule has 4 nitrogen and oxygen atoms in total. The van der Waals surface area contributed by atoms with Crippen LogP contribution in [-0.4, -0.2) is 29.0 Å². The lowest BCUT2D eigenvalue weighted by Gasteiger charge is -2.32. The lowest BCUT2D eigenvalue weighted by molar-refractivity contribution is 0.182. The summed E-state index contributed by atoms with van der Waals surface area (Å²) in [6, 6.07) is 8.33. The van der Waals surface area contributed by atoms with Gasteiger partial charge in [-0.2, -0.15) is 0 Å². The zero-order valence-electron chi connectivity index (χ0n) is 11.7. The van der Waals surface area contributed by atoms with Crippen LogP contribution < -0.4 is 5.73 Å². The molecule has 0 spiro atoms. The summed E-state index contributed by atoms with van der Waals surface area (Å²) in [4.78, 5) is 2.24. The second kappa shape index (κ2) is 7.36. The first-order valence-electron chi connectivity index (χ1n) is 6.43. The van der Waals surface area contributed by atoms with Gasteiger partial charge in [-0.05, 0) is 38.1 Å². The van der Waals surface area contributed by atoms with Crippen LogP contribution in [-0.2, 0) is 0 Å². The third-order valence-electron chi connectivity index (χ3n) is 3.58. The number of halogens is 1. The molecule has 1 rings (SSSR count). The molecule has 0 heterocycles. The number of amidine groups is 1. The van der Waals surface area contributed by atoms with Gasteiger partial charge in [0.25, 0.3) is 0 Å². The highest BCUT2D eigenvalue weighted by atomic mass is 35.5. The van der Waals surface area contributed by atoms with Gasteiger partial charge in [0.1, 0.15) is 5.84 Å². The molecule has 5 heteroatoms. The summed E-state index contributed by atoms with van der Waals surface area (Å²) >= 11 is 5.90. The molecule has 0 fully saturated rings. The molecule has 2 atom stereocenters. The van der Waals surface area contributed by atoms with Crippen molar-refractivity contribution in [3.63, 3.8) is 0 Å². The van der Waals surface area contributed by atoms with Gasteiger partial charge >= 0.3 is 0 Å². The normalized spacial score (nSPS) is 15.5. The van der Waals surface area contributed by atoms with Crippen LogP contribution in [0.1, 0.15) is 38.3 Å². The van der Waals surface area contributed by atoms with Gasteiger partial charge in [-0.25, -0.2) is 0 Å². The van der Waals surface area contributed by atoms with Crippen molar-refractivity contribution in [3.8, 4) is 0 Å². The van der Waals surface area contributed by atoms with Gasteiger partial charge in [0.2, 0.25) is 0 Å². The van der Waals surface area contributed by atoms with E-state index in [0.717, 1.165) is 11.4 Å². The van der Waals surface area contributed by atoms with Crippen LogP contribution in [0.5, 0.6) is 0 Å². The zero-order valence-corrected chi connectivity index (χ0v) is 12.4. The molecule has 1 aromatic carbocycles. The first kappa shape index (κ1) is 15.8. The largest absolute Gasteiger partial charge is 0.409 e. The van der Waals surface area contributed by atoms with Crippen LogP contribution >= 0.6 is 11.6 Å². The van der Waals surface area contributed by atoms with Crippen LogP contribution in [0.25, 0.3) is 0 Å². The van der Waals surface area contributed by atoms with Gasteiger partial charge in [-0.1, -0.05) is 35.8 Å². The van der Waals surface area contributed by atoms with E-state index in [9.17, 15) is 0 Å². The predicted molar refractivity (Wildman–Crippen MR) is 79.7 cm³/mol. The topological polar surface area (TPSA) is 61.9 Å². The first-order valence-corrected chi connectivity index (χ1v) is 6.81. The summed E-state index contributed by atoms with van der Waals surface area (Å²) in [6.45, 7) is 4.23. The fourth-order valence-electron chi connectivity index (χ4n) is 2.15. The molecule has 0 saturated heterocycles. The summed E-state index contributed by atoms with van der Waals surface area (Å²) in [7, 11) is 2.05. The van der Waals surface area contributed by atoms with E-state index in [2.05, 4.69) is 31.0 Å². The maximum absolute atomic E-state index is 8.68. The molecule has 106 valence electrons. The highest BCUT2D eigenvalue weighted by molar-refractivity contribution is 6.30. The number of oxime groups is 1. The Morgan fingerprint density at radius 1 is 1.42 bits per heavy atom. The maximum Gasteiger partial charge on any atom is 0.140 e. The summed E-state index contributed by atoms with van der Waals surface area (Å²) in [5.74, 6) is 0.266. The van der Waals surface area contributed by atoms with Crippen molar-refractivity contribution >= 4 is 17.4 Å². The van der Waals surface area contributed by atoms with Gasteiger partial charge in [-0.3, -0.25) is 4.90 Å². The maximum atomic E-state index is 8.68. The highest BCUT2D eigenvalue weighted by Gasteiger charge is 2.20. The SMILES string of the molecule is CCC(CC(N)=NO)N(C)C(C)c1ccc(Cl)cc1. The lowest BCUT2D eigenvalue weighted by atomic mass is 10.0. The van der Waals surface area contributed by atoms with Crippen molar-refractivity contribution in [3.05, 3.63) is 34.9 Å². The van der Waals surface area contributed by atoms with Crippen LogP contribution in [0.2, 0.25) is 5.02 Å².